The third kappa shape index (κ3) is 15.5. The number of hydrogen-bond donors (Lipinski definition) is 0. The Bertz CT molecular complexity index is 788. The van der Waals surface area contributed by atoms with Crippen molar-refractivity contribution in [2.45, 2.75) is 200 Å². The standard InChI is InChI=1S/C40H72Ge4/c1-9-17-25-41(26-18-10-2)33-35-42(27-19-11-3,28-20-12-4)37-39-44(31-23-15-7,32-24-16-8)40-38-43(36-34-41,29-21-13-5)30-22-14-6/h9-32H2,1-8H3. The first-order valence-corrected chi connectivity index (χ1v) is 39.7. The van der Waals surface area contributed by atoms with Crippen LogP contribution < -0.4 is 0 Å². The van der Waals surface area contributed by atoms with Gasteiger partial charge in [0.1, 0.15) is 0 Å². The molecule has 1 rings (SSSR count). The number of unbranched alkanes of at least 4 members (excludes halogenated alkanes) is 8. The zero-order chi connectivity index (χ0) is 32.6. The van der Waals surface area contributed by atoms with Gasteiger partial charge in [0.15, 0.2) is 0 Å². The third-order valence-electron chi connectivity index (χ3n) is 9.82. The first-order valence-electron chi connectivity index (χ1n) is 19.5. The van der Waals surface area contributed by atoms with Gasteiger partial charge in [-0.1, -0.05) is 0 Å². The molecular formula is C40H72Ge4. The molecule has 0 aliphatic carbocycles. The summed E-state index contributed by atoms with van der Waals surface area (Å²) in [4.78, 5) is 0. The molecule has 0 radical (unpaired) electrons. The van der Waals surface area contributed by atoms with Crippen LogP contribution in [0.5, 0.6) is 0 Å². The van der Waals surface area contributed by atoms with E-state index in [1.54, 1.807) is 0 Å². The van der Waals surface area contributed by atoms with Gasteiger partial charge >= 0.3 is 291 Å². The van der Waals surface area contributed by atoms with Crippen molar-refractivity contribution in [1.82, 2.24) is 0 Å². The predicted octanol–water partition coefficient (Wildman–Crippen LogP) is 12.5. The van der Waals surface area contributed by atoms with Crippen LogP contribution in [0.15, 0.2) is 0 Å². The fourth-order valence-electron chi connectivity index (χ4n) is 6.41. The Morgan fingerprint density at radius 3 is 0.432 bits per heavy atom. The molecule has 248 valence electrons. The van der Waals surface area contributed by atoms with Crippen molar-refractivity contribution in [3.8, 4) is 38.0 Å². The average molecular weight is 843 g/mol. The molecule has 0 aromatic carbocycles. The summed E-state index contributed by atoms with van der Waals surface area (Å²) in [5.41, 5.74) is 0. The second-order valence-electron chi connectivity index (χ2n) is 14.2. The molecule has 0 saturated carbocycles. The summed E-state index contributed by atoms with van der Waals surface area (Å²) in [5.74, 6) is 0. The fraction of sp³-hybridized carbons (Fsp3) is 0.800. The monoisotopic (exact) mass is 848 g/mol. The van der Waals surface area contributed by atoms with Gasteiger partial charge in [0.05, 0.1) is 0 Å². The van der Waals surface area contributed by atoms with Crippen molar-refractivity contribution >= 4 is 53.1 Å². The Morgan fingerprint density at radius 2 is 0.341 bits per heavy atom. The molecule has 0 N–H and O–H groups in total. The van der Waals surface area contributed by atoms with Crippen molar-refractivity contribution in [2.24, 2.45) is 0 Å². The molecule has 1 aliphatic heterocycles. The molecule has 0 unspecified atom stereocenters. The van der Waals surface area contributed by atoms with Gasteiger partial charge in [0.2, 0.25) is 0 Å². The Hall–Kier alpha value is 0.411. The molecule has 0 fully saturated rings. The summed E-state index contributed by atoms with van der Waals surface area (Å²) in [6, 6.07) is 0. The minimum absolute atomic E-state index is 1.27. The number of rotatable bonds is 24. The minimum atomic E-state index is -2.73. The number of hydrogen-bond acceptors (Lipinski definition) is 0. The van der Waals surface area contributed by atoms with E-state index in [2.05, 4.69) is 93.4 Å². The van der Waals surface area contributed by atoms with Crippen LogP contribution in [0.3, 0.4) is 0 Å². The normalized spacial score (nSPS) is 17.3. The zero-order valence-electron chi connectivity index (χ0n) is 31.0. The average Bonchev–Trinajstić information content (AvgIpc) is 3.05. The van der Waals surface area contributed by atoms with Gasteiger partial charge in [0, 0.05) is 0 Å². The van der Waals surface area contributed by atoms with Gasteiger partial charge < -0.3 is 0 Å². The Labute approximate surface area is 288 Å². The van der Waals surface area contributed by atoms with Gasteiger partial charge in [-0.2, -0.15) is 0 Å². The van der Waals surface area contributed by atoms with Gasteiger partial charge in [-0.25, -0.2) is 0 Å². The fourth-order valence-corrected chi connectivity index (χ4v) is 54.2. The van der Waals surface area contributed by atoms with E-state index >= 15 is 0 Å². The van der Waals surface area contributed by atoms with Crippen molar-refractivity contribution in [3.05, 3.63) is 0 Å². The van der Waals surface area contributed by atoms with E-state index < -0.39 is 53.1 Å². The quantitative estimate of drug-likeness (QED) is 0.0671. The SMILES string of the molecule is CCC[CH2][Ge]1([CH2]CCC)[C]#[C][Ge]([CH2]CCC)([CH2]CCC)[C]#[C][Ge]([CH2]CCC)([CH2]CCC)[C]#[C][Ge]([CH2]CCC)([CH2]CCC)[C]#[C]1. The molecule has 0 saturated heterocycles. The summed E-state index contributed by atoms with van der Waals surface area (Å²) in [7, 11) is 0. The molecule has 0 bridgehead atoms. The molecule has 0 aromatic heterocycles. The van der Waals surface area contributed by atoms with Crippen LogP contribution in [-0.4, -0.2) is 53.1 Å². The topological polar surface area (TPSA) is 0 Å². The van der Waals surface area contributed by atoms with Gasteiger partial charge in [0.25, 0.3) is 0 Å². The maximum absolute atomic E-state index is 4.34. The van der Waals surface area contributed by atoms with Gasteiger partial charge in [-0.05, 0) is 0 Å². The summed E-state index contributed by atoms with van der Waals surface area (Å²) in [6.45, 7) is 19.0. The van der Waals surface area contributed by atoms with Crippen LogP contribution in [0.2, 0.25) is 42.0 Å². The Kier molecular flexibility index (Phi) is 23.7. The summed E-state index contributed by atoms with van der Waals surface area (Å²) >= 11 is -10.9. The van der Waals surface area contributed by atoms with E-state index in [1.165, 1.54) is 145 Å². The second-order valence-corrected chi connectivity index (χ2v) is 44.9. The van der Waals surface area contributed by atoms with E-state index in [9.17, 15) is 0 Å². The van der Waals surface area contributed by atoms with Gasteiger partial charge in [-0.3, -0.25) is 0 Å². The van der Waals surface area contributed by atoms with Crippen LogP contribution >= 0.6 is 0 Å². The predicted molar refractivity (Wildman–Crippen MR) is 212 cm³/mol. The van der Waals surface area contributed by atoms with Crippen LogP contribution in [0.1, 0.15) is 158 Å². The first kappa shape index (κ1) is 42.4. The Morgan fingerprint density at radius 1 is 0.227 bits per heavy atom. The zero-order valence-corrected chi connectivity index (χ0v) is 39.4. The second kappa shape index (κ2) is 24.5. The van der Waals surface area contributed by atoms with Crippen molar-refractivity contribution in [2.75, 3.05) is 0 Å². The van der Waals surface area contributed by atoms with E-state index in [0.29, 0.717) is 0 Å². The van der Waals surface area contributed by atoms with Crippen LogP contribution in [0.25, 0.3) is 0 Å². The van der Waals surface area contributed by atoms with Crippen molar-refractivity contribution < 1.29 is 0 Å². The molecule has 4 heteroatoms. The first-order chi connectivity index (χ1) is 21.3. The molecule has 44 heavy (non-hydrogen) atoms. The van der Waals surface area contributed by atoms with Crippen LogP contribution in [0, 0.1) is 38.0 Å². The van der Waals surface area contributed by atoms with Crippen LogP contribution in [0.4, 0.5) is 0 Å². The van der Waals surface area contributed by atoms with Gasteiger partial charge in [-0.15, -0.1) is 0 Å². The van der Waals surface area contributed by atoms with E-state index in [0.717, 1.165) is 0 Å². The molecule has 1 aliphatic rings. The maximum atomic E-state index is 4.34. The van der Waals surface area contributed by atoms with Crippen LogP contribution in [-0.2, 0) is 0 Å². The third-order valence-corrected chi connectivity index (χ3v) is 44.6. The van der Waals surface area contributed by atoms with Crippen molar-refractivity contribution in [3.63, 3.8) is 0 Å². The Balaban J connectivity index is 4.26. The summed E-state index contributed by atoms with van der Waals surface area (Å²) in [6.07, 6.45) is 20.6. The molecule has 0 aromatic rings. The van der Waals surface area contributed by atoms with Crippen molar-refractivity contribution in [1.29, 1.82) is 0 Å². The van der Waals surface area contributed by atoms with E-state index in [1.807, 2.05) is 0 Å². The summed E-state index contributed by atoms with van der Waals surface area (Å²) in [5, 5.41) is 10.6. The summed E-state index contributed by atoms with van der Waals surface area (Å²) < 4.78 is 34.7. The molecule has 1 heterocycles. The molecular weight excluding hydrogens is 771 g/mol. The molecule has 0 spiro atoms. The molecule has 0 nitrogen and oxygen atoms in total. The van der Waals surface area contributed by atoms with E-state index in [-0.39, 0.29) is 0 Å². The van der Waals surface area contributed by atoms with E-state index in [4.69, 9.17) is 0 Å². The molecule has 0 atom stereocenters. The molecule has 0 amide bonds.